The van der Waals surface area contributed by atoms with Gasteiger partial charge in [0.2, 0.25) is 5.13 Å². The first-order valence-electron chi connectivity index (χ1n) is 4.85. The standard InChI is InChI=1S/C9H10ClN5OS2/c1-15(2)8-13-14-9(18-8)17-7-5(16-3)6(10)11-4-12-7/h4H,1-3H3. The molecule has 18 heavy (non-hydrogen) atoms. The molecule has 0 radical (unpaired) electrons. The smallest absolute Gasteiger partial charge is 0.208 e. The number of hydrogen-bond acceptors (Lipinski definition) is 8. The lowest BCUT2D eigenvalue weighted by molar-refractivity contribution is 0.398. The fourth-order valence-electron chi connectivity index (χ4n) is 1.09. The molecule has 0 aliphatic carbocycles. The van der Waals surface area contributed by atoms with Crippen molar-refractivity contribution in [2.45, 2.75) is 9.37 Å². The minimum atomic E-state index is 0.285. The molecule has 0 saturated heterocycles. The van der Waals surface area contributed by atoms with E-state index in [-0.39, 0.29) is 5.15 Å². The van der Waals surface area contributed by atoms with Gasteiger partial charge in [-0.2, -0.15) is 0 Å². The van der Waals surface area contributed by atoms with Crippen LogP contribution >= 0.6 is 34.7 Å². The van der Waals surface area contributed by atoms with E-state index in [9.17, 15) is 0 Å². The number of ether oxygens (including phenoxy) is 1. The van der Waals surface area contributed by atoms with Gasteiger partial charge >= 0.3 is 0 Å². The first-order chi connectivity index (χ1) is 8.61. The van der Waals surface area contributed by atoms with Gasteiger partial charge in [0.05, 0.1) is 7.11 Å². The summed E-state index contributed by atoms with van der Waals surface area (Å²) >= 11 is 8.74. The Morgan fingerprint density at radius 1 is 1.33 bits per heavy atom. The molecular formula is C9H10ClN5OS2. The molecule has 0 aromatic carbocycles. The maximum Gasteiger partial charge on any atom is 0.208 e. The van der Waals surface area contributed by atoms with Crippen LogP contribution in [0.25, 0.3) is 0 Å². The topological polar surface area (TPSA) is 64.0 Å². The van der Waals surface area contributed by atoms with Crippen LogP contribution in [0.1, 0.15) is 0 Å². The molecular weight excluding hydrogens is 294 g/mol. The Kier molecular flexibility index (Phi) is 4.20. The third-order valence-electron chi connectivity index (χ3n) is 1.89. The maximum absolute atomic E-state index is 5.92. The summed E-state index contributed by atoms with van der Waals surface area (Å²) in [5, 5.41) is 9.85. The highest BCUT2D eigenvalue weighted by Crippen LogP contribution is 2.38. The van der Waals surface area contributed by atoms with Gasteiger partial charge in [-0.15, -0.1) is 10.2 Å². The molecule has 0 N–H and O–H groups in total. The highest BCUT2D eigenvalue weighted by molar-refractivity contribution is 8.01. The number of halogens is 1. The summed E-state index contributed by atoms with van der Waals surface area (Å²) in [5.74, 6) is 0.450. The molecule has 2 aromatic heterocycles. The summed E-state index contributed by atoms with van der Waals surface area (Å²) in [7, 11) is 5.36. The molecule has 0 saturated carbocycles. The van der Waals surface area contributed by atoms with Crippen molar-refractivity contribution in [2.24, 2.45) is 0 Å². The summed E-state index contributed by atoms with van der Waals surface area (Å²) in [5.41, 5.74) is 0. The largest absolute Gasteiger partial charge is 0.491 e. The van der Waals surface area contributed by atoms with Gasteiger partial charge in [0.1, 0.15) is 6.33 Å². The fourth-order valence-corrected chi connectivity index (χ4v) is 3.10. The summed E-state index contributed by atoms with van der Waals surface area (Å²) in [6.07, 6.45) is 1.39. The molecule has 0 fully saturated rings. The van der Waals surface area contributed by atoms with Gasteiger partial charge in [0.25, 0.3) is 0 Å². The van der Waals surface area contributed by atoms with E-state index in [0.29, 0.717) is 10.8 Å². The van der Waals surface area contributed by atoms with Crippen LogP contribution < -0.4 is 9.64 Å². The fraction of sp³-hybridized carbons (Fsp3) is 0.333. The summed E-state index contributed by atoms with van der Waals surface area (Å²) in [6.45, 7) is 0. The minimum Gasteiger partial charge on any atom is -0.491 e. The number of aromatic nitrogens is 4. The predicted octanol–water partition coefficient (Wildman–Crippen LogP) is 2.21. The Morgan fingerprint density at radius 2 is 2.11 bits per heavy atom. The Bertz CT molecular complexity index is 548. The van der Waals surface area contributed by atoms with Crippen LogP contribution in [0.15, 0.2) is 15.7 Å². The van der Waals surface area contributed by atoms with Crippen LogP contribution in [0.4, 0.5) is 5.13 Å². The molecule has 2 aromatic rings. The summed E-state index contributed by atoms with van der Waals surface area (Å²) in [4.78, 5) is 9.88. The lowest BCUT2D eigenvalue weighted by Gasteiger charge is -2.05. The van der Waals surface area contributed by atoms with Crippen molar-refractivity contribution >= 4 is 39.8 Å². The Labute approximate surface area is 117 Å². The zero-order valence-corrected chi connectivity index (χ0v) is 12.3. The first kappa shape index (κ1) is 13.3. The van der Waals surface area contributed by atoms with Gasteiger partial charge in [0.15, 0.2) is 20.3 Å². The van der Waals surface area contributed by atoms with Crippen LogP contribution in [-0.2, 0) is 0 Å². The molecule has 0 aliphatic heterocycles. The molecule has 2 rings (SSSR count). The zero-order chi connectivity index (χ0) is 13.1. The molecule has 6 nitrogen and oxygen atoms in total. The quantitative estimate of drug-likeness (QED) is 0.802. The van der Waals surface area contributed by atoms with Crippen molar-refractivity contribution < 1.29 is 4.74 Å². The van der Waals surface area contributed by atoms with Gasteiger partial charge < -0.3 is 9.64 Å². The maximum atomic E-state index is 5.92. The molecule has 0 unspecified atom stereocenters. The van der Waals surface area contributed by atoms with Crippen molar-refractivity contribution in [3.05, 3.63) is 11.5 Å². The van der Waals surface area contributed by atoms with Crippen molar-refractivity contribution in [1.82, 2.24) is 20.2 Å². The Balaban J connectivity index is 2.25. The van der Waals surface area contributed by atoms with Crippen molar-refractivity contribution in [3.8, 4) is 5.75 Å². The monoisotopic (exact) mass is 303 g/mol. The Hall–Kier alpha value is -1.12. The average Bonchev–Trinajstić information content (AvgIpc) is 2.78. The summed E-state index contributed by atoms with van der Waals surface area (Å²) < 4.78 is 5.94. The van der Waals surface area contributed by atoms with Gasteiger partial charge in [-0.25, -0.2) is 9.97 Å². The normalized spacial score (nSPS) is 10.4. The minimum absolute atomic E-state index is 0.285. The number of methoxy groups -OCH3 is 1. The van der Waals surface area contributed by atoms with E-state index in [1.165, 1.54) is 36.5 Å². The number of hydrogen-bond donors (Lipinski definition) is 0. The van der Waals surface area contributed by atoms with Crippen LogP contribution in [-0.4, -0.2) is 41.4 Å². The van der Waals surface area contributed by atoms with E-state index in [1.807, 2.05) is 19.0 Å². The van der Waals surface area contributed by atoms with Crippen LogP contribution in [0.3, 0.4) is 0 Å². The second-order valence-electron chi connectivity index (χ2n) is 3.35. The van der Waals surface area contributed by atoms with Crippen molar-refractivity contribution in [3.63, 3.8) is 0 Å². The van der Waals surface area contributed by atoms with Crippen molar-refractivity contribution in [2.75, 3.05) is 26.1 Å². The number of nitrogens with zero attached hydrogens (tertiary/aromatic N) is 5. The van der Waals surface area contributed by atoms with Gasteiger partial charge in [0, 0.05) is 14.1 Å². The van der Waals surface area contributed by atoms with Crippen molar-refractivity contribution in [1.29, 1.82) is 0 Å². The number of rotatable bonds is 4. The van der Waals surface area contributed by atoms with E-state index >= 15 is 0 Å². The molecule has 0 atom stereocenters. The van der Waals surface area contributed by atoms with Gasteiger partial charge in [-0.3, -0.25) is 0 Å². The average molecular weight is 304 g/mol. The second kappa shape index (κ2) is 5.68. The molecule has 0 spiro atoms. The van der Waals surface area contributed by atoms with E-state index in [0.717, 1.165) is 9.47 Å². The molecule has 9 heteroatoms. The molecule has 2 heterocycles. The van der Waals surface area contributed by atoms with Gasteiger partial charge in [-0.1, -0.05) is 22.9 Å². The highest BCUT2D eigenvalue weighted by atomic mass is 35.5. The van der Waals surface area contributed by atoms with Crippen LogP contribution in [0.5, 0.6) is 5.75 Å². The first-order valence-corrected chi connectivity index (χ1v) is 6.86. The predicted molar refractivity (Wildman–Crippen MR) is 72.0 cm³/mol. The molecule has 0 amide bonds. The van der Waals surface area contributed by atoms with E-state index < -0.39 is 0 Å². The van der Waals surface area contributed by atoms with Gasteiger partial charge in [-0.05, 0) is 11.8 Å². The summed E-state index contributed by atoms with van der Waals surface area (Å²) in [6, 6.07) is 0. The van der Waals surface area contributed by atoms with E-state index in [2.05, 4.69) is 20.2 Å². The third kappa shape index (κ3) is 2.82. The Morgan fingerprint density at radius 3 is 2.72 bits per heavy atom. The lowest BCUT2D eigenvalue weighted by Crippen LogP contribution is -2.07. The number of anilines is 1. The highest BCUT2D eigenvalue weighted by Gasteiger charge is 2.15. The SMILES string of the molecule is COc1c(Cl)ncnc1Sc1nnc(N(C)C)s1. The lowest BCUT2D eigenvalue weighted by atomic mass is 10.6. The third-order valence-corrected chi connectivity index (χ3v) is 4.29. The van der Waals surface area contributed by atoms with Crippen LogP contribution in [0.2, 0.25) is 5.15 Å². The van der Waals surface area contributed by atoms with Crippen LogP contribution in [0, 0.1) is 0 Å². The van der Waals surface area contributed by atoms with E-state index in [4.69, 9.17) is 16.3 Å². The molecule has 96 valence electrons. The molecule has 0 bridgehead atoms. The van der Waals surface area contributed by atoms with E-state index in [1.54, 1.807) is 0 Å². The second-order valence-corrected chi connectivity index (χ2v) is 5.90. The molecule has 0 aliphatic rings. The zero-order valence-electron chi connectivity index (χ0n) is 9.92.